The van der Waals surface area contributed by atoms with Crippen molar-refractivity contribution < 1.29 is 9.53 Å². The number of hydrogen-bond acceptors (Lipinski definition) is 8. The van der Waals surface area contributed by atoms with Gasteiger partial charge in [-0.2, -0.15) is 4.98 Å². The lowest BCUT2D eigenvalue weighted by Crippen LogP contribution is -2.14. The Morgan fingerprint density at radius 2 is 1.77 bits per heavy atom. The van der Waals surface area contributed by atoms with Gasteiger partial charge in [-0.1, -0.05) is 11.3 Å². The van der Waals surface area contributed by atoms with Crippen molar-refractivity contribution in [2.24, 2.45) is 0 Å². The molecule has 8 nitrogen and oxygen atoms in total. The summed E-state index contributed by atoms with van der Waals surface area (Å²) in [5.74, 6) is 0.795. The van der Waals surface area contributed by atoms with E-state index in [-0.39, 0.29) is 5.91 Å². The van der Waals surface area contributed by atoms with E-state index in [9.17, 15) is 4.79 Å². The Bertz CT molecular complexity index is 1310. The molecule has 1 aliphatic rings. The predicted octanol–water partition coefficient (Wildman–Crippen LogP) is 4.30. The average molecular weight is 433 g/mol. The van der Waals surface area contributed by atoms with Gasteiger partial charge in [0.25, 0.3) is 5.91 Å². The summed E-state index contributed by atoms with van der Waals surface area (Å²) >= 11 is 1.32. The number of aryl methyl sites for hydroxylation is 2. The van der Waals surface area contributed by atoms with Crippen molar-refractivity contribution in [1.29, 1.82) is 0 Å². The van der Waals surface area contributed by atoms with Crippen LogP contribution in [0.1, 0.15) is 46.2 Å². The molecule has 1 fully saturated rings. The maximum Gasteiger partial charge on any atom is 0.259 e. The summed E-state index contributed by atoms with van der Waals surface area (Å²) in [6.07, 6.45) is 7.33. The van der Waals surface area contributed by atoms with Gasteiger partial charge in [0.15, 0.2) is 15.6 Å². The summed E-state index contributed by atoms with van der Waals surface area (Å²) in [6, 6.07) is 3.77. The minimum Gasteiger partial charge on any atom is -0.494 e. The summed E-state index contributed by atoms with van der Waals surface area (Å²) in [5, 5.41) is 3.34. The molecule has 9 heteroatoms. The molecular formula is C22H20N6O2S. The van der Waals surface area contributed by atoms with Gasteiger partial charge < -0.3 is 4.74 Å². The Morgan fingerprint density at radius 1 is 1.03 bits per heavy atom. The minimum atomic E-state index is -0.305. The molecule has 1 amide bonds. The molecule has 0 saturated heterocycles. The zero-order valence-corrected chi connectivity index (χ0v) is 18.2. The van der Waals surface area contributed by atoms with Gasteiger partial charge >= 0.3 is 0 Å². The third kappa shape index (κ3) is 3.84. The van der Waals surface area contributed by atoms with Crippen LogP contribution < -0.4 is 10.1 Å². The van der Waals surface area contributed by atoms with E-state index in [2.05, 4.69) is 30.2 Å². The van der Waals surface area contributed by atoms with Gasteiger partial charge in [0.05, 0.1) is 30.8 Å². The largest absolute Gasteiger partial charge is 0.494 e. The molecule has 0 radical (unpaired) electrons. The van der Waals surface area contributed by atoms with E-state index in [0.29, 0.717) is 28.0 Å². The predicted molar refractivity (Wildman–Crippen MR) is 119 cm³/mol. The van der Waals surface area contributed by atoms with Gasteiger partial charge in [-0.25, -0.2) is 9.97 Å². The van der Waals surface area contributed by atoms with Crippen LogP contribution in [0.25, 0.3) is 21.6 Å². The van der Waals surface area contributed by atoms with Crippen molar-refractivity contribution in [2.75, 3.05) is 12.4 Å². The molecule has 0 bridgehead atoms. The number of ether oxygens (including phenoxy) is 1. The van der Waals surface area contributed by atoms with Crippen LogP contribution in [0.4, 0.5) is 5.13 Å². The summed E-state index contributed by atoms with van der Waals surface area (Å²) in [6.45, 7) is 3.78. The first-order valence-electron chi connectivity index (χ1n) is 9.94. The lowest BCUT2D eigenvalue weighted by Gasteiger charge is -2.13. The molecule has 4 aromatic heterocycles. The van der Waals surface area contributed by atoms with Gasteiger partial charge in [-0.3, -0.25) is 20.1 Å². The third-order valence-corrected chi connectivity index (χ3v) is 6.01. The van der Waals surface area contributed by atoms with Crippen molar-refractivity contribution in [3.63, 3.8) is 0 Å². The number of amides is 1. The summed E-state index contributed by atoms with van der Waals surface area (Å²) < 4.78 is 5.48. The lowest BCUT2D eigenvalue weighted by atomic mass is 9.99. The van der Waals surface area contributed by atoms with Crippen molar-refractivity contribution in [2.45, 2.75) is 32.6 Å². The van der Waals surface area contributed by atoms with Crippen LogP contribution in [-0.2, 0) is 0 Å². The Morgan fingerprint density at radius 3 is 2.52 bits per heavy atom. The molecule has 1 N–H and O–H groups in total. The number of nitrogens with zero attached hydrogens (tertiary/aromatic N) is 5. The summed E-state index contributed by atoms with van der Waals surface area (Å²) in [5.41, 5.74) is 5.09. The highest BCUT2D eigenvalue weighted by Gasteiger charge is 2.26. The summed E-state index contributed by atoms with van der Waals surface area (Å²) in [4.78, 5) is 36.0. The highest BCUT2D eigenvalue weighted by atomic mass is 32.1. The number of anilines is 1. The second kappa shape index (κ2) is 7.66. The number of methoxy groups -OCH3 is 1. The van der Waals surface area contributed by atoms with Crippen LogP contribution in [0, 0.1) is 13.8 Å². The molecule has 156 valence electrons. The Balaban J connectivity index is 1.50. The quantitative estimate of drug-likeness (QED) is 0.501. The van der Waals surface area contributed by atoms with Crippen LogP contribution in [0.5, 0.6) is 5.75 Å². The first-order chi connectivity index (χ1) is 15.0. The number of carbonyl (C=O) groups is 1. The van der Waals surface area contributed by atoms with Crippen LogP contribution in [0.3, 0.4) is 0 Å². The Labute approximate surface area is 182 Å². The molecule has 0 unspecified atom stereocenters. The van der Waals surface area contributed by atoms with Crippen molar-refractivity contribution >= 4 is 32.9 Å². The molecule has 1 aliphatic carbocycles. The smallest absolute Gasteiger partial charge is 0.259 e. The lowest BCUT2D eigenvalue weighted by molar-refractivity contribution is 0.102. The zero-order chi connectivity index (χ0) is 21.5. The van der Waals surface area contributed by atoms with Crippen LogP contribution in [0.15, 0.2) is 30.7 Å². The van der Waals surface area contributed by atoms with Gasteiger partial charge in [0.2, 0.25) is 0 Å². The molecule has 4 aromatic rings. The average Bonchev–Trinajstić information content (AvgIpc) is 3.53. The number of pyridine rings is 2. The third-order valence-electron chi connectivity index (χ3n) is 5.16. The molecule has 0 aromatic carbocycles. The molecular weight excluding hydrogens is 412 g/mol. The molecule has 0 atom stereocenters. The highest BCUT2D eigenvalue weighted by Crippen LogP contribution is 2.39. The van der Waals surface area contributed by atoms with Crippen LogP contribution in [0.2, 0.25) is 0 Å². The second-order valence-corrected chi connectivity index (χ2v) is 8.55. The Hall–Kier alpha value is -3.46. The number of thiazole rings is 1. The van der Waals surface area contributed by atoms with E-state index < -0.39 is 0 Å². The van der Waals surface area contributed by atoms with E-state index in [4.69, 9.17) is 4.74 Å². The normalized spacial score (nSPS) is 13.4. The van der Waals surface area contributed by atoms with E-state index in [0.717, 1.165) is 45.9 Å². The van der Waals surface area contributed by atoms with E-state index in [1.165, 1.54) is 11.3 Å². The fraction of sp³-hybridized carbons (Fsp3) is 0.273. The van der Waals surface area contributed by atoms with E-state index >= 15 is 0 Å². The second-order valence-electron chi connectivity index (χ2n) is 7.57. The SMILES string of the molecule is COc1cnc(C)cc1-c1cc(C)ncc1C(=O)Nc1nc2ncc(C3CC3)nc2s1. The number of aromatic nitrogens is 5. The molecule has 0 spiro atoms. The highest BCUT2D eigenvalue weighted by molar-refractivity contribution is 7.21. The summed E-state index contributed by atoms with van der Waals surface area (Å²) in [7, 11) is 1.58. The fourth-order valence-corrected chi connectivity index (χ4v) is 4.21. The van der Waals surface area contributed by atoms with Crippen LogP contribution >= 0.6 is 11.3 Å². The van der Waals surface area contributed by atoms with Crippen molar-refractivity contribution in [3.05, 3.63) is 53.4 Å². The van der Waals surface area contributed by atoms with Gasteiger partial charge in [-0.05, 0) is 38.8 Å². The number of nitrogens with one attached hydrogen (secondary N) is 1. The monoisotopic (exact) mass is 432 g/mol. The zero-order valence-electron chi connectivity index (χ0n) is 17.3. The first kappa shape index (κ1) is 19.5. The topological polar surface area (TPSA) is 103 Å². The molecule has 5 rings (SSSR count). The fourth-order valence-electron chi connectivity index (χ4n) is 3.41. The molecule has 0 aliphatic heterocycles. The maximum atomic E-state index is 13.2. The van der Waals surface area contributed by atoms with E-state index in [1.807, 2.05) is 26.0 Å². The van der Waals surface area contributed by atoms with Crippen LogP contribution in [-0.4, -0.2) is 37.9 Å². The Kier molecular flexibility index (Phi) is 4.82. The standard InChI is InChI=1S/C22H20N6O2S/c1-11-6-14(15-7-12(2)24-10-18(15)30-3)16(8-23-11)20(29)28-22-27-19-21(31-22)26-17(9-25-19)13-4-5-13/h6-10,13H,4-5H2,1-3H3,(H,25,27,28,29). The first-order valence-corrected chi connectivity index (χ1v) is 10.8. The number of hydrogen-bond donors (Lipinski definition) is 1. The number of carbonyl (C=O) groups excluding carboxylic acids is 1. The molecule has 31 heavy (non-hydrogen) atoms. The minimum absolute atomic E-state index is 0.305. The van der Waals surface area contributed by atoms with Gasteiger partial charge in [-0.15, -0.1) is 0 Å². The van der Waals surface area contributed by atoms with Gasteiger partial charge in [0, 0.05) is 34.6 Å². The van der Waals surface area contributed by atoms with Gasteiger partial charge in [0.1, 0.15) is 5.75 Å². The van der Waals surface area contributed by atoms with Crippen molar-refractivity contribution in [1.82, 2.24) is 24.9 Å². The maximum absolute atomic E-state index is 13.2. The molecule has 1 saturated carbocycles. The molecule has 4 heterocycles. The van der Waals surface area contributed by atoms with Crippen molar-refractivity contribution in [3.8, 4) is 16.9 Å². The number of rotatable bonds is 5. The number of fused-ring (bicyclic) bond motifs is 1. The van der Waals surface area contributed by atoms with E-state index in [1.54, 1.807) is 25.7 Å².